The molecule has 0 aromatic rings. The number of hydrogen-bond acceptors (Lipinski definition) is 6. The van der Waals surface area contributed by atoms with Crippen molar-refractivity contribution in [1.82, 2.24) is 9.79 Å². The molecule has 29 heavy (non-hydrogen) atoms. The maximum Gasteiger partial charge on any atom is 0.455 e. The van der Waals surface area contributed by atoms with Crippen molar-refractivity contribution in [2.24, 2.45) is 5.92 Å². The molecule has 0 aromatic heterocycles. The van der Waals surface area contributed by atoms with Crippen LogP contribution in [0.2, 0.25) is 0 Å². The van der Waals surface area contributed by atoms with Crippen LogP contribution in [-0.4, -0.2) is 80.2 Å². The van der Waals surface area contributed by atoms with E-state index < -0.39 is 45.3 Å². The molecule has 0 atom stereocenters. The van der Waals surface area contributed by atoms with Gasteiger partial charge in [0.05, 0.1) is 0 Å². The molecule has 14 heteroatoms. The number of carbonyl (C=O) groups is 1. The summed E-state index contributed by atoms with van der Waals surface area (Å²) in [6.07, 6.45) is -5.64. The number of hydrogen-bond donors (Lipinski definition) is 2. The van der Waals surface area contributed by atoms with Crippen LogP contribution in [0, 0.1) is 5.92 Å². The molecule has 2 aliphatic heterocycles. The van der Waals surface area contributed by atoms with Crippen molar-refractivity contribution in [3.8, 4) is 0 Å². The summed E-state index contributed by atoms with van der Waals surface area (Å²) in [5, 5.41) is 8.99. The summed E-state index contributed by atoms with van der Waals surface area (Å²) in [5.74, 6) is -6.41. The molecule has 2 rings (SSSR count). The summed E-state index contributed by atoms with van der Waals surface area (Å²) in [4.78, 5) is 12.2. The van der Waals surface area contributed by atoms with Crippen LogP contribution < -0.4 is 5.48 Å². The Kier molecular flexibility index (Phi) is 7.47. The smallest absolute Gasteiger partial charge is 0.381 e. The van der Waals surface area contributed by atoms with Gasteiger partial charge in [0.1, 0.15) is 6.61 Å². The first-order valence-corrected chi connectivity index (χ1v) is 10.4. The lowest BCUT2D eigenvalue weighted by Gasteiger charge is -2.40. The van der Waals surface area contributed by atoms with Gasteiger partial charge in [0.2, 0.25) is 10.0 Å². The van der Waals surface area contributed by atoms with Crippen LogP contribution in [0.4, 0.5) is 22.0 Å². The van der Waals surface area contributed by atoms with Gasteiger partial charge in [-0.25, -0.2) is 18.2 Å². The molecule has 8 nitrogen and oxygen atoms in total. The Morgan fingerprint density at radius 3 is 2.21 bits per heavy atom. The van der Waals surface area contributed by atoms with Gasteiger partial charge in [-0.3, -0.25) is 10.0 Å². The lowest BCUT2D eigenvalue weighted by atomic mass is 9.98. The summed E-state index contributed by atoms with van der Waals surface area (Å²) in [5.41, 5.74) is 1.40. The quantitative estimate of drug-likeness (QED) is 0.341. The second-order valence-electron chi connectivity index (χ2n) is 7.11. The molecule has 170 valence electrons. The first kappa shape index (κ1) is 24.2. The molecule has 2 aliphatic rings. The van der Waals surface area contributed by atoms with Gasteiger partial charge in [0.15, 0.2) is 4.75 Å². The van der Waals surface area contributed by atoms with Gasteiger partial charge in [0, 0.05) is 45.8 Å². The summed E-state index contributed by atoms with van der Waals surface area (Å²) in [6.45, 7) is -2.22. The fraction of sp³-hybridized carbons (Fsp3) is 0.933. The van der Waals surface area contributed by atoms with Crippen LogP contribution in [0.3, 0.4) is 0 Å². The van der Waals surface area contributed by atoms with E-state index in [9.17, 15) is 35.2 Å². The topological polar surface area (TPSA) is 105 Å². The predicted octanol–water partition coefficient (Wildman–Crippen LogP) is 1.30. The Hall–Kier alpha value is -1.09. The van der Waals surface area contributed by atoms with E-state index >= 15 is 0 Å². The number of nitrogens with one attached hydrogen (secondary N) is 1. The molecular weight excluding hydrogens is 431 g/mol. The molecule has 2 fully saturated rings. The average molecular weight is 454 g/mol. The summed E-state index contributed by atoms with van der Waals surface area (Å²) < 4.78 is 97.1. The van der Waals surface area contributed by atoms with Gasteiger partial charge < -0.3 is 9.47 Å². The third kappa shape index (κ3) is 4.98. The molecule has 0 radical (unpaired) electrons. The molecule has 0 saturated carbocycles. The molecule has 2 N–H and O–H groups in total. The lowest BCUT2D eigenvalue weighted by molar-refractivity contribution is -0.297. The average Bonchev–Trinajstić information content (AvgIpc) is 2.67. The minimum absolute atomic E-state index is 0.0182. The fourth-order valence-corrected chi connectivity index (χ4v) is 5.55. The zero-order valence-electron chi connectivity index (χ0n) is 15.4. The first-order chi connectivity index (χ1) is 13.4. The van der Waals surface area contributed by atoms with Crippen LogP contribution >= 0.6 is 0 Å². The maximum absolute atomic E-state index is 13.1. The zero-order valence-corrected chi connectivity index (χ0v) is 16.2. The van der Waals surface area contributed by atoms with Crippen LogP contribution in [0.15, 0.2) is 0 Å². The number of piperidine rings is 1. The minimum Gasteiger partial charge on any atom is -0.381 e. The van der Waals surface area contributed by atoms with E-state index in [1.165, 1.54) is 5.48 Å². The van der Waals surface area contributed by atoms with Gasteiger partial charge in [0.25, 0.3) is 5.91 Å². The standard InChI is InChI=1S/C15H23F5N2O6S/c16-14(17,15(18,19)20)10-28-9-11-1-5-22(6-2-11)29(25,26)13(12(23)21-24)3-7-27-8-4-13/h11,24H,1-10H2,(H,21,23). The summed E-state index contributed by atoms with van der Waals surface area (Å²) >= 11 is 0. The molecule has 0 aromatic carbocycles. The van der Waals surface area contributed by atoms with Gasteiger partial charge in [-0.2, -0.15) is 22.0 Å². The number of carbonyl (C=O) groups excluding carboxylic acids is 1. The highest BCUT2D eigenvalue weighted by atomic mass is 32.2. The fourth-order valence-electron chi connectivity index (χ4n) is 3.40. The highest BCUT2D eigenvalue weighted by molar-refractivity contribution is 7.91. The van der Waals surface area contributed by atoms with Crippen molar-refractivity contribution in [3.05, 3.63) is 0 Å². The first-order valence-electron chi connectivity index (χ1n) is 8.92. The highest BCUT2D eigenvalue weighted by Crippen LogP contribution is 2.37. The number of nitrogens with zero attached hydrogens (tertiary/aromatic N) is 1. The van der Waals surface area contributed by atoms with E-state index in [1.54, 1.807) is 0 Å². The minimum atomic E-state index is -5.70. The normalized spacial score (nSPS) is 22.4. The third-order valence-electron chi connectivity index (χ3n) is 5.27. The second kappa shape index (κ2) is 8.96. The Bertz CT molecular complexity index is 673. The molecule has 0 spiro atoms. The molecule has 2 saturated heterocycles. The lowest BCUT2D eigenvalue weighted by Crippen LogP contribution is -2.60. The van der Waals surface area contributed by atoms with E-state index in [0.717, 1.165) is 4.31 Å². The Balaban J connectivity index is 1.94. The third-order valence-corrected chi connectivity index (χ3v) is 7.90. The molecule has 0 unspecified atom stereocenters. The van der Waals surface area contributed by atoms with Crippen molar-refractivity contribution < 1.29 is 49.8 Å². The summed E-state index contributed by atoms with van der Waals surface area (Å²) in [6, 6.07) is 0. The maximum atomic E-state index is 13.1. The van der Waals surface area contributed by atoms with Gasteiger partial charge in [-0.15, -0.1) is 0 Å². The van der Waals surface area contributed by atoms with Crippen LogP contribution in [0.5, 0.6) is 0 Å². The second-order valence-corrected chi connectivity index (χ2v) is 9.36. The van der Waals surface area contributed by atoms with Gasteiger partial charge >= 0.3 is 12.1 Å². The number of hydroxylamine groups is 1. The molecule has 0 aliphatic carbocycles. The Labute approximate surface area is 164 Å². The molecule has 1 amide bonds. The Morgan fingerprint density at radius 2 is 1.72 bits per heavy atom. The number of amides is 1. The number of rotatable bonds is 7. The molecular formula is C15H23F5N2O6S. The Morgan fingerprint density at radius 1 is 1.17 bits per heavy atom. The van der Waals surface area contributed by atoms with Crippen molar-refractivity contribution in [3.63, 3.8) is 0 Å². The van der Waals surface area contributed by atoms with E-state index in [4.69, 9.17) is 9.94 Å². The monoisotopic (exact) mass is 454 g/mol. The SMILES string of the molecule is O=C(NO)C1(S(=O)(=O)N2CCC(COCC(F)(F)C(F)(F)F)CC2)CCOCC1. The van der Waals surface area contributed by atoms with Gasteiger partial charge in [-0.05, 0) is 18.8 Å². The summed E-state index contributed by atoms with van der Waals surface area (Å²) in [7, 11) is -4.17. The molecule has 0 bridgehead atoms. The van der Waals surface area contributed by atoms with Crippen molar-refractivity contribution >= 4 is 15.9 Å². The largest absolute Gasteiger partial charge is 0.455 e. The van der Waals surface area contributed by atoms with Crippen molar-refractivity contribution in [2.45, 2.75) is 42.5 Å². The molecule has 2 heterocycles. The highest BCUT2D eigenvalue weighted by Gasteiger charge is 2.58. The van der Waals surface area contributed by atoms with Crippen LogP contribution in [0.1, 0.15) is 25.7 Å². The van der Waals surface area contributed by atoms with E-state index in [1.807, 2.05) is 0 Å². The van der Waals surface area contributed by atoms with Crippen LogP contribution in [-0.2, 0) is 24.3 Å². The van der Waals surface area contributed by atoms with Crippen molar-refractivity contribution in [1.29, 1.82) is 0 Å². The van der Waals surface area contributed by atoms with Crippen LogP contribution in [0.25, 0.3) is 0 Å². The van der Waals surface area contributed by atoms with Crippen molar-refractivity contribution in [2.75, 3.05) is 39.5 Å². The number of alkyl halides is 5. The zero-order chi connectivity index (χ0) is 21.9. The predicted molar refractivity (Wildman–Crippen MR) is 87.8 cm³/mol. The van der Waals surface area contributed by atoms with E-state index in [2.05, 4.69) is 4.74 Å². The number of ether oxygens (including phenoxy) is 2. The van der Waals surface area contributed by atoms with Gasteiger partial charge in [-0.1, -0.05) is 0 Å². The van der Waals surface area contributed by atoms with E-state index in [0.29, 0.717) is 0 Å². The number of halogens is 5. The van der Waals surface area contributed by atoms with E-state index in [-0.39, 0.29) is 58.6 Å². The number of sulfonamides is 1.